The van der Waals surface area contributed by atoms with Crippen LogP contribution in [0.4, 0.5) is 24.8 Å². The summed E-state index contributed by atoms with van der Waals surface area (Å²) in [6, 6.07) is 5.51. The first kappa shape index (κ1) is 27.1. The van der Waals surface area contributed by atoms with Gasteiger partial charge in [0.2, 0.25) is 11.9 Å². The summed E-state index contributed by atoms with van der Waals surface area (Å²) in [6.07, 6.45) is -0.321. The van der Waals surface area contributed by atoms with Crippen LogP contribution in [0.5, 0.6) is 5.75 Å². The van der Waals surface area contributed by atoms with Crippen molar-refractivity contribution < 1.29 is 27.4 Å². The van der Waals surface area contributed by atoms with E-state index in [1.54, 1.807) is 7.11 Å². The Hall–Kier alpha value is -2.92. The highest BCUT2D eigenvalue weighted by atomic mass is 19.4. The van der Waals surface area contributed by atoms with Crippen LogP contribution in [0.2, 0.25) is 0 Å². The minimum atomic E-state index is -4.58. The molecule has 2 heterocycles. The average Bonchev–Trinajstić information content (AvgIpc) is 2.86. The van der Waals surface area contributed by atoms with E-state index in [2.05, 4.69) is 25.5 Å². The minimum absolute atomic E-state index is 0.0640. The molecule has 0 spiro atoms. The van der Waals surface area contributed by atoms with Gasteiger partial charge in [-0.2, -0.15) is 13.2 Å². The number of carbonyl (C=O) groups is 1. The number of rotatable bonds is 8. The predicted octanol–water partition coefficient (Wildman–Crippen LogP) is 4.32. The van der Waals surface area contributed by atoms with Gasteiger partial charge in [0, 0.05) is 38.8 Å². The smallest absolute Gasteiger partial charge is 0.419 e. The SMILES string of the molecule is COc1cc(CN2CCOCC2)ccc1Nc1ncc(C(F)(F)F)c(C[C@@H]2CCCC[C@H]2NC(C)=O)n1. The van der Waals surface area contributed by atoms with Crippen LogP contribution < -0.4 is 15.4 Å². The van der Waals surface area contributed by atoms with E-state index in [1.807, 2.05) is 18.2 Å². The molecule has 37 heavy (non-hydrogen) atoms. The lowest BCUT2D eigenvalue weighted by Crippen LogP contribution is -2.42. The molecule has 1 saturated heterocycles. The Morgan fingerprint density at radius 1 is 1.22 bits per heavy atom. The van der Waals surface area contributed by atoms with Gasteiger partial charge in [-0.15, -0.1) is 0 Å². The van der Waals surface area contributed by atoms with E-state index in [-0.39, 0.29) is 35.9 Å². The average molecular weight is 522 g/mol. The zero-order valence-electron chi connectivity index (χ0n) is 21.2. The van der Waals surface area contributed by atoms with E-state index in [1.165, 1.54) is 6.92 Å². The van der Waals surface area contributed by atoms with Crippen molar-refractivity contribution >= 4 is 17.5 Å². The number of halogens is 3. The van der Waals surface area contributed by atoms with Gasteiger partial charge in [-0.1, -0.05) is 18.9 Å². The Morgan fingerprint density at radius 2 is 1.97 bits per heavy atom. The quantitative estimate of drug-likeness (QED) is 0.535. The standard InChI is InChI=1S/C26H34F3N5O3/c1-17(35)31-21-6-4-3-5-19(21)14-23-20(26(27,28)29)15-30-25(33-23)32-22-8-7-18(13-24(22)36-2)16-34-9-11-37-12-10-34/h7-8,13,15,19,21H,3-6,9-12,14,16H2,1-2H3,(H,31,35)(H,30,32,33)/t19-,21+/m0/s1. The third-order valence-electron chi connectivity index (χ3n) is 6.95. The third kappa shape index (κ3) is 7.32. The number of methoxy groups -OCH3 is 1. The maximum Gasteiger partial charge on any atom is 0.419 e. The molecule has 11 heteroatoms. The van der Waals surface area contributed by atoms with Gasteiger partial charge in [0.25, 0.3) is 0 Å². The summed E-state index contributed by atoms with van der Waals surface area (Å²) in [4.78, 5) is 22.2. The van der Waals surface area contributed by atoms with E-state index in [9.17, 15) is 18.0 Å². The summed E-state index contributed by atoms with van der Waals surface area (Å²) >= 11 is 0. The first-order valence-corrected chi connectivity index (χ1v) is 12.7. The van der Waals surface area contributed by atoms with Crippen LogP contribution in [-0.2, 0) is 28.7 Å². The fraction of sp³-hybridized carbons (Fsp3) is 0.577. The Balaban J connectivity index is 1.55. The number of carbonyl (C=O) groups excluding carboxylic acids is 1. The lowest BCUT2D eigenvalue weighted by atomic mass is 9.81. The maximum absolute atomic E-state index is 13.8. The molecule has 2 atom stereocenters. The molecule has 1 aromatic carbocycles. The van der Waals surface area contributed by atoms with Crippen molar-refractivity contribution in [3.63, 3.8) is 0 Å². The molecule has 0 bridgehead atoms. The summed E-state index contributed by atoms with van der Waals surface area (Å²) in [5.74, 6) is 0.306. The van der Waals surface area contributed by atoms with Gasteiger partial charge >= 0.3 is 6.18 Å². The summed E-state index contributed by atoms with van der Waals surface area (Å²) in [5, 5.41) is 5.94. The van der Waals surface area contributed by atoms with Gasteiger partial charge in [-0.05, 0) is 42.9 Å². The number of nitrogens with zero attached hydrogens (tertiary/aromatic N) is 3. The number of amides is 1. The molecule has 1 amide bonds. The van der Waals surface area contributed by atoms with Crippen molar-refractivity contribution in [3.05, 3.63) is 41.2 Å². The molecule has 2 aromatic rings. The van der Waals surface area contributed by atoms with Crippen LogP contribution in [0.25, 0.3) is 0 Å². The van der Waals surface area contributed by atoms with Gasteiger partial charge in [0.05, 0.1) is 37.3 Å². The number of alkyl halides is 3. The van der Waals surface area contributed by atoms with Gasteiger partial charge < -0.3 is 20.1 Å². The third-order valence-corrected chi connectivity index (χ3v) is 6.95. The molecule has 2 aliphatic rings. The molecule has 1 aliphatic heterocycles. The number of ether oxygens (including phenoxy) is 2. The number of hydrogen-bond acceptors (Lipinski definition) is 7. The number of morpholine rings is 1. The van der Waals surface area contributed by atoms with E-state index >= 15 is 0 Å². The second-order valence-electron chi connectivity index (χ2n) is 9.66. The molecule has 202 valence electrons. The second-order valence-corrected chi connectivity index (χ2v) is 9.66. The van der Waals surface area contributed by atoms with Gasteiger partial charge in [0.15, 0.2) is 0 Å². The van der Waals surface area contributed by atoms with Crippen molar-refractivity contribution in [3.8, 4) is 5.75 Å². The monoisotopic (exact) mass is 521 g/mol. The fourth-order valence-electron chi connectivity index (χ4n) is 5.10. The molecule has 0 unspecified atom stereocenters. The summed E-state index contributed by atoms with van der Waals surface area (Å²) in [7, 11) is 1.54. The summed E-state index contributed by atoms with van der Waals surface area (Å²) in [5.41, 5.74) is 0.695. The fourth-order valence-corrected chi connectivity index (χ4v) is 5.10. The van der Waals surface area contributed by atoms with Gasteiger partial charge in [0.1, 0.15) is 5.75 Å². The molecule has 1 saturated carbocycles. The molecule has 1 aliphatic carbocycles. The second kappa shape index (κ2) is 12.1. The maximum atomic E-state index is 13.8. The number of nitrogens with one attached hydrogen (secondary N) is 2. The van der Waals surface area contributed by atoms with E-state index in [0.717, 1.165) is 57.1 Å². The van der Waals surface area contributed by atoms with Crippen LogP contribution in [0.15, 0.2) is 24.4 Å². The van der Waals surface area contributed by atoms with Gasteiger partial charge in [-0.3, -0.25) is 9.69 Å². The normalized spacial score (nSPS) is 20.9. The molecule has 0 radical (unpaired) electrons. The van der Waals surface area contributed by atoms with Crippen molar-refractivity contribution in [1.29, 1.82) is 0 Å². The summed E-state index contributed by atoms with van der Waals surface area (Å²) < 4.78 is 52.4. The zero-order valence-corrected chi connectivity index (χ0v) is 21.2. The molecule has 2 N–H and O–H groups in total. The van der Waals surface area contributed by atoms with Crippen LogP contribution in [0.1, 0.15) is 49.4 Å². The van der Waals surface area contributed by atoms with Crippen LogP contribution >= 0.6 is 0 Å². The van der Waals surface area contributed by atoms with Gasteiger partial charge in [-0.25, -0.2) is 9.97 Å². The molecular formula is C26H34F3N5O3. The molecule has 1 aromatic heterocycles. The van der Waals surface area contributed by atoms with E-state index < -0.39 is 11.7 Å². The Bertz CT molecular complexity index is 1080. The van der Waals surface area contributed by atoms with Crippen molar-refractivity contribution in [2.24, 2.45) is 5.92 Å². The highest BCUT2D eigenvalue weighted by Crippen LogP contribution is 2.36. The Morgan fingerprint density at radius 3 is 2.68 bits per heavy atom. The van der Waals surface area contributed by atoms with Crippen molar-refractivity contribution in [2.75, 3.05) is 38.7 Å². The largest absolute Gasteiger partial charge is 0.495 e. The molecule has 2 fully saturated rings. The lowest BCUT2D eigenvalue weighted by Gasteiger charge is -2.32. The van der Waals surface area contributed by atoms with Crippen LogP contribution in [-0.4, -0.2) is 60.2 Å². The molecule has 8 nitrogen and oxygen atoms in total. The highest BCUT2D eigenvalue weighted by molar-refractivity contribution is 5.73. The van der Waals surface area contributed by atoms with Crippen LogP contribution in [0.3, 0.4) is 0 Å². The number of aromatic nitrogens is 2. The Kier molecular flexibility index (Phi) is 8.86. The first-order valence-electron chi connectivity index (χ1n) is 12.7. The van der Waals surface area contributed by atoms with Crippen LogP contribution in [0, 0.1) is 5.92 Å². The first-order chi connectivity index (χ1) is 17.7. The summed E-state index contributed by atoms with van der Waals surface area (Å²) in [6.45, 7) is 5.30. The lowest BCUT2D eigenvalue weighted by molar-refractivity contribution is -0.139. The number of benzene rings is 1. The highest BCUT2D eigenvalue weighted by Gasteiger charge is 2.37. The van der Waals surface area contributed by atoms with Crippen molar-refractivity contribution in [1.82, 2.24) is 20.2 Å². The topological polar surface area (TPSA) is 88.6 Å². The Labute approximate surface area is 214 Å². The number of anilines is 2. The zero-order chi connectivity index (χ0) is 26.4. The molecule has 4 rings (SSSR count). The number of hydrogen-bond donors (Lipinski definition) is 2. The minimum Gasteiger partial charge on any atom is -0.495 e. The van der Waals surface area contributed by atoms with E-state index in [4.69, 9.17) is 9.47 Å². The predicted molar refractivity (Wildman–Crippen MR) is 133 cm³/mol. The van der Waals surface area contributed by atoms with E-state index in [0.29, 0.717) is 24.7 Å². The van der Waals surface area contributed by atoms with Crippen molar-refractivity contribution in [2.45, 2.75) is 57.8 Å². The molecular weight excluding hydrogens is 487 g/mol.